The number of halogens is 2. The highest BCUT2D eigenvalue weighted by molar-refractivity contribution is 6.32. The van der Waals surface area contributed by atoms with Gasteiger partial charge in [0.05, 0.1) is 4.92 Å². The number of rotatable bonds is 5. The van der Waals surface area contributed by atoms with Crippen LogP contribution in [-0.4, -0.2) is 45.8 Å². The van der Waals surface area contributed by atoms with E-state index in [4.69, 9.17) is 11.6 Å². The number of nitro benzene ring substituents is 1. The van der Waals surface area contributed by atoms with Crippen LogP contribution in [0.5, 0.6) is 0 Å². The van der Waals surface area contributed by atoms with Crippen molar-refractivity contribution in [3.63, 3.8) is 0 Å². The Hall–Kier alpha value is -2.77. The fourth-order valence-electron chi connectivity index (χ4n) is 3.59. The topological polar surface area (TPSA) is 66.7 Å². The van der Waals surface area contributed by atoms with Gasteiger partial charge in [-0.15, -0.1) is 0 Å². The van der Waals surface area contributed by atoms with Crippen molar-refractivity contribution >= 4 is 29.3 Å². The minimum Gasteiger partial charge on any atom is -0.334 e. The van der Waals surface area contributed by atoms with Crippen LogP contribution in [0.25, 0.3) is 6.08 Å². The molecule has 0 aromatic heterocycles. The van der Waals surface area contributed by atoms with Gasteiger partial charge in [-0.1, -0.05) is 29.8 Å². The van der Waals surface area contributed by atoms with E-state index in [1.807, 2.05) is 6.92 Å². The molecule has 8 heteroatoms. The second-order valence-corrected chi connectivity index (χ2v) is 7.95. The standard InChI is InChI=1S/C22H23ClFN3O3/c1-15-13-26(16(2)12-25(15)14-18-3-7-19(24)8-4-18)22(28)10-6-17-5-9-20(23)21(11-17)27(29)30/h3-11,15-16H,12-14H2,1-2H3/b10-6+/t15-,16+/m1/s1. The van der Waals surface area contributed by atoms with Gasteiger partial charge in [-0.3, -0.25) is 19.8 Å². The number of carbonyl (C=O) groups is 1. The quantitative estimate of drug-likeness (QED) is 0.396. The van der Waals surface area contributed by atoms with E-state index in [1.54, 1.807) is 29.2 Å². The maximum absolute atomic E-state index is 13.1. The van der Waals surface area contributed by atoms with Crippen LogP contribution in [0.15, 0.2) is 48.5 Å². The third kappa shape index (κ3) is 5.23. The third-order valence-electron chi connectivity index (χ3n) is 5.28. The molecule has 158 valence electrons. The van der Waals surface area contributed by atoms with Crippen LogP contribution in [0.3, 0.4) is 0 Å². The van der Waals surface area contributed by atoms with E-state index in [-0.39, 0.29) is 34.5 Å². The highest BCUT2D eigenvalue weighted by Gasteiger charge is 2.31. The zero-order valence-electron chi connectivity index (χ0n) is 16.8. The molecule has 0 spiro atoms. The van der Waals surface area contributed by atoms with Crippen molar-refractivity contribution in [3.8, 4) is 0 Å². The first-order chi connectivity index (χ1) is 14.2. The predicted octanol–water partition coefficient (Wildman–Crippen LogP) is 4.52. The summed E-state index contributed by atoms with van der Waals surface area (Å²) >= 11 is 5.83. The lowest BCUT2D eigenvalue weighted by molar-refractivity contribution is -0.384. The van der Waals surface area contributed by atoms with Crippen LogP contribution in [0.2, 0.25) is 5.02 Å². The number of hydrogen-bond acceptors (Lipinski definition) is 4. The molecule has 1 fully saturated rings. The zero-order valence-corrected chi connectivity index (χ0v) is 17.6. The summed E-state index contributed by atoms with van der Waals surface area (Å²) in [4.78, 5) is 27.3. The van der Waals surface area contributed by atoms with E-state index in [1.165, 1.54) is 30.3 Å². The smallest absolute Gasteiger partial charge is 0.288 e. The molecule has 1 aliphatic rings. The Morgan fingerprint density at radius 3 is 2.57 bits per heavy atom. The summed E-state index contributed by atoms with van der Waals surface area (Å²) < 4.78 is 13.1. The lowest BCUT2D eigenvalue weighted by atomic mass is 10.1. The lowest BCUT2D eigenvalue weighted by Crippen LogP contribution is -2.57. The Morgan fingerprint density at radius 2 is 1.90 bits per heavy atom. The fraction of sp³-hybridized carbons (Fsp3) is 0.318. The molecule has 1 saturated heterocycles. The average Bonchev–Trinajstić information content (AvgIpc) is 2.71. The number of piperazine rings is 1. The number of nitrogens with zero attached hydrogens (tertiary/aromatic N) is 3. The molecule has 6 nitrogen and oxygen atoms in total. The van der Waals surface area contributed by atoms with Crippen LogP contribution in [0.1, 0.15) is 25.0 Å². The first-order valence-electron chi connectivity index (χ1n) is 9.65. The van der Waals surface area contributed by atoms with E-state index < -0.39 is 4.92 Å². The van der Waals surface area contributed by atoms with Gasteiger partial charge in [0.25, 0.3) is 5.69 Å². The van der Waals surface area contributed by atoms with Gasteiger partial charge in [0.15, 0.2) is 0 Å². The second kappa shape index (κ2) is 9.36. The molecule has 30 heavy (non-hydrogen) atoms. The van der Waals surface area contributed by atoms with Crippen molar-refractivity contribution in [2.45, 2.75) is 32.5 Å². The summed E-state index contributed by atoms with van der Waals surface area (Å²) in [6.45, 7) is 6.00. The van der Waals surface area contributed by atoms with E-state index in [0.29, 0.717) is 25.2 Å². The summed E-state index contributed by atoms with van der Waals surface area (Å²) in [5, 5.41) is 11.1. The van der Waals surface area contributed by atoms with Crippen LogP contribution in [-0.2, 0) is 11.3 Å². The van der Waals surface area contributed by atoms with Crippen molar-refractivity contribution < 1.29 is 14.1 Å². The number of benzene rings is 2. The molecular formula is C22H23ClFN3O3. The van der Waals surface area contributed by atoms with E-state index in [2.05, 4.69) is 11.8 Å². The Balaban J connectivity index is 1.65. The molecule has 3 rings (SSSR count). The predicted molar refractivity (Wildman–Crippen MR) is 115 cm³/mol. The van der Waals surface area contributed by atoms with Crippen molar-refractivity contribution in [2.75, 3.05) is 13.1 Å². The molecule has 2 atom stereocenters. The van der Waals surface area contributed by atoms with E-state index in [0.717, 1.165) is 5.56 Å². The summed E-state index contributed by atoms with van der Waals surface area (Å²) in [6, 6.07) is 11.0. The Kier molecular flexibility index (Phi) is 6.84. The van der Waals surface area contributed by atoms with Gasteiger partial charge >= 0.3 is 0 Å². The second-order valence-electron chi connectivity index (χ2n) is 7.55. The summed E-state index contributed by atoms with van der Waals surface area (Å²) in [5.74, 6) is -0.401. The highest BCUT2D eigenvalue weighted by Crippen LogP contribution is 2.26. The zero-order chi connectivity index (χ0) is 21.8. The largest absolute Gasteiger partial charge is 0.334 e. The number of amides is 1. The average molecular weight is 432 g/mol. The van der Waals surface area contributed by atoms with Gasteiger partial charge in [-0.25, -0.2) is 4.39 Å². The minimum atomic E-state index is -0.550. The molecule has 2 aromatic carbocycles. The molecule has 0 aliphatic carbocycles. The van der Waals surface area contributed by atoms with Crippen LogP contribution in [0.4, 0.5) is 10.1 Å². The van der Waals surface area contributed by atoms with Gasteiger partial charge in [0.1, 0.15) is 10.8 Å². The number of carbonyl (C=O) groups excluding carboxylic acids is 1. The number of hydrogen-bond donors (Lipinski definition) is 0. The normalized spacial score (nSPS) is 19.9. The SMILES string of the molecule is C[C@@H]1CN(C(=O)/C=C/c2ccc(Cl)c([N+](=O)[O-])c2)[C@@H](C)CN1Cc1ccc(F)cc1. The molecule has 1 heterocycles. The van der Waals surface area contributed by atoms with Crippen LogP contribution in [0, 0.1) is 15.9 Å². The summed E-state index contributed by atoms with van der Waals surface area (Å²) in [6.07, 6.45) is 3.00. The maximum Gasteiger partial charge on any atom is 0.288 e. The molecule has 0 unspecified atom stereocenters. The molecule has 1 amide bonds. The van der Waals surface area contributed by atoms with Crippen molar-refractivity contribution in [1.82, 2.24) is 9.80 Å². The highest BCUT2D eigenvalue weighted by atomic mass is 35.5. The first kappa shape index (κ1) is 21.9. The van der Waals surface area contributed by atoms with Crippen molar-refractivity contribution in [3.05, 3.63) is 80.6 Å². The van der Waals surface area contributed by atoms with Crippen LogP contribution < -0.4 is 0 Å². The maximum atomic E-state index is 13.1. The van der Waals surface area contributed by atoms with Crippen LogP contribution >= 0.6 is 11.6 Å². The molecule has 0 N–H and O–H groups in total. The molecule has 0 bridgehead atoms. The molecule has 2 aromatic rings. The number of nitro groups is 1. The molecule has 0 saturated carbocycles. The monoisotopic (exact) mass is 431 g/mol. The minimum absolute atomic E-state index is 0.00153. The lowest BCUT2D eigenvalue weighted by Gasteiger charge is -2.44. The van der Waals surface area contributed by atoms with Gasteiger partial charge in [-0.05, 0) is 49.2 Å². The Bertz CT molecular complexity index is 965. The van der Waals surface area contributed by atoms with Gasteiger partial charge in [0.2, 0.25) is 5.91 Å². The van der Waals surface area contributed by atoms with Crippen molar-refractivity contribution in [1.29, 1.82) is 0 Å². The van der Waals surface area contributed by atoms with Gasteiger partial charge < -0.3 is 4.90 Å². The van der Waals surface area contributed by atoms with Gasteiger partial charge in [0, 0.05) is 43.9 Å². The summed E-state index contributed by atoms with van der Waals surface area (Å²) in [5.41, 5.74) is 1.37. The molecule has 0 radical (unpaired) electrons. The van der Waals surface area contributed by atoms with Gasteiger partial charge in [-0.2, -0.15) is 0 Å². The first-order valence-corrected chi connectivity index (χ1v) is 10.0. The van der Waals surface area contributed by atoms with Crippen molar-refractivity contribution in [2.24, 2.45) is 0 Å². The van der Waals surface area contributed by atoms with E-state index >= 15 is 0 Å². The van der Waals surface area contributed by atoms with E-state index in [9.17, 15) is 19.3 Å². The fourth-order valence-corrected chi connectivity index (χ4v) is 3.77. The summed E-state index contributed by atoms with van der Waals surface area (Å²) in [7, 11) is 0. The Labute approximate surface area is 179 Å². The Morgan fingerprint density at radius 1 is 1.20 bits per heavy atom. The molecule has 1 aliphatic heterocycles. The molecular weight excluding hydrogens is 409 g/mol. The third-order valence-corrected chi connectivity index (χ3v) is 5.60.